The van der Waals surface area contributed by atoms with Gasteiger partial charge in [-0.1, -0.05) is 41.9 Å². The molecule has 1 unspecified atom stereocenters. The maximum atomic E-state index is 12.7. The number of halogens is 1. The van der Waals surface area contributed by atoms with Crippen molar-refractivity contribution in [1.29, 1.82) is 0 Å². The third-order valence-corrected chi connectivity index (χ3v) is 4.94. The predicted octanol–water partition coefficient (Wildman–Crippen LogP) is 5.09. The first kappa shape index (κ1) is 16.7. The minimum atomic E-state index is 0.106. The number of Topliss-reactive ketones (excluding diaryl/α,β-unsaturated/α-hetero) is 1. The van der Waals surface area contributed by atoms with Crippen molar-refractivity contribution in [3.63, 3.8) is 0 Å². The predicted molar refractivity (Wildman–Crippen MR) is 103 cm³/mol. The van der Waals surface area contributed by atoms with Gasteiger partial charge < -0.3 is 5.32 Å². The Hall–Kier alpha value is -2.72. The highest BCUT2D eigenvalue weighted by Crippen LogP contribution is 2.34. The Kier molecular flexibility index (Phi) is 4.43. The molecule has 1 heterocycles. The van der Waals surface area contributed by atoms with Crippen LogP contribution < -0.4 is 5.32 Å². The van der Waals surface area contributed by atoms with E-state index in [2.05, 4.69) is 15.3 Å². The average molecular weight is 364 g/mol. The van der Waals surface area contributed by atoms with Crippen LogP contribution in [0.25, 0.3) is 0 Å². The molecule has 0 amide bonds. The lowest BCUT2D eigenvalue weighted by Crippen LogP contribution is -2.22. The molecule has 0 bridgehead atoms. The zero-order chi connectivity index (χ0) is 18.1. The molecule has 0 saturated heterocycles. The molecule has 3 aromatic rings. The first-order chi connectivity index (χ1) is 12.6. The highest BCUT2D eigenvalue weighted by atomic mass is 35.5. The highest BCUT2D eigenvalue weighted by molar-refractivity contribution is 6.30. The van der Waals surface area contributed by atoms with E-state index in [4.69, 9.17) is 11.6 Å². The molecule has 4 rings (SSSR count). The zero-order valence-corrected chi connectivity index (χ0v) is 15.1. The van der Waals surface area contributed by atoms with E-state index in [0.717, 1.165) is 29.1 Å². The van der Waals surface area contributed by atoms with Gasteiger partial charge in [-0.25, -0.2) is 9.97 Å². The van der Waals surface area contributed by atoms with Gasteiger partial charge in [-0.2, -0.15) is 0 Å². The number of carbonyl (C=O) groups is 1. The molecular weight excluding hydrogens is 346 g/mol. The van der Waals surface area contributed by atoms with Crippen LogP contribution in [0.2, 0.25) is 5.02 Å². The highest BCUT2D eigenvalue weighted by Gasteiger charge is 2.29. The molecule has 1 aromatic heterocycles. The summed E-state index contributed by atoms with van der Waals surface area (Å²) in [7, 11) is 0. The minimum absolute atomic E-state index is 0.106. The lowest BCUT2D eigenvalue weighted by atomic mass is 9.81. The number of nitrogens with one attached hydrogen (secondary N) is 1. The number of aromatic nitrogens is 2. The number of carbonyl (C=O) groups excluding carboxylic acids is 1. The number of hydrogen-bond donors (Lipinski definition) is 1. The number of fused-ring (bicyclic) bond motifs is 1. The van der Waals surface area contributed by atoms with E-state index in [1.165, 1.54) is 0 Å². The maximum Gasteiger partial charge on any atom is 0.227 e. The molecule has 1 atom stereocenters. The molecule has 5 heteroatoms. The van der Waals surface area contributed by atoms with Crippen molar-refractivity contribution in [2.45, 2.75) is 25.7 Å². The van der Waals surface area contributed by atoms with E-state index < -0.39 is 0 Å². The van der Waals surface area contributed by atoms with Gasteiger partial charge in [0.15, 0.2) is 5.78 Å². The largest absolute Gasteiger partial charge is 0.324 e. The van der Waals surface area contributed by atoms with Gasteiger partial charge in [-0.05, 0) is 49.1 Å². The SMILES string of the molecule is Cc1nc(Nc2ccccc2)nc2c1C(=O)CC(c1ccc(Cl)cc1)C2. The molecule has 0 spiro atoms. The summed E-state index contributed by atoms with van der Waals surface area (Å²) in [5.74, 6) is 0.748. The van der Waals surface area contributed by atoms with Gasteiger partial charge in [0.25, 0.3) is 0 Å². The standard InChI is InChI=1S/C21H18ClN3O/c1-13-20-18(25-21(23-13)24-17-5-3-2-4-6-17)11-15(12-19(20)26)14-7-9-16(22)10-8-14/h2-10,15H,11-12H2,1H3,(H,23,24,25). The Balaban J connectivity index is 1.67. The summed E-state index contributed by atoms with van der Waals surface area (Å²) in [6, 6.07) is 17.5. The monoisotopic (exact) mass is 363 g/mol. The minimum Gasteiger partial charge on any atom is -0.324 e. The summed E-state index contributed by atoms with van der Waals surface area (Å²) in [4.78, 5) is 21.8. The van der Waals surface area contributed by atoms with Crippen molar-refractivity contribution in [1.82, 2.24) is 9.97 Å². The third kappa shape index (κ3) is 3.33. The molecule has 0 radical (unpaired) electrons. The Bertz CT molecular complexity index is 955. The third-order valence-electron chi connectivity index (χ3n) is 4.69. The van der Waals surface area contributed by atoms with Crippen molar-refractivity contribution in [2.75, 3.05) is 5.32 Å². The number of rotatable bonds is 3. The van der Waals surface area contributed by atoms with Crippen LogP contribution in [0.4, 0.5) is 11.6 Å². The van der Waals surface area contributed by atoms with Crippen molar-refractivity contribution in [2.24, 2.45) is 0 Å². The average Bonchev–Trinajstić information content (AvgIpc) is 2.62. The van der Waals surface area contributed by atoms with Crippen LogP contribution >= 0.6 is 11.6 Å². The zero-order valence-electron chi connectivity index (χ0n) is 14.4. The first-order valence-electron chi connectivity index (χ1n) is 8.58. The van der Waals surface area contributed by atoms with Crippen LogP contribution in [0.5, 0.6) is 0 Å². The summed E-state index contributed by atoms with van der Waals surface area (Å²) in [5.41, 5.74) is 4.25. The fourth-order valence-electron chi connectivity index (χ4n) is 3.45. The summed E-state index contributed by atoms with van der Waals surface area (Å²) < 4.78 is 0. The van der Waals surface area contributed by atoms with Gasteiger partial charge in [0.05, 0.1) is 17.0 Å². The van der Waals surface area contributed by atoms with E-state index in [-0.39, 0.29) is 11.7 Å². The van der Waals surface area contributed by atoms with Crippen LogP contribution in [0.1, 0.15) is 39.6 Å². The number of aryl methyl sites for hydroxylation is 1. The van der Waals surface area contributed by atoms with Gasteiger partial charge in [0.1, 0.15) is 0 Å². The van der Waals surface area contributed by atoms with Gasteiger partial charge >= 0.3 is 0 Å². The number of para-hydroxylation sites is 1. The van der Waals surface area contributed by atoms with Crippen LogP contribution in [0.3, 0.4) is 0 Å². The summed E-state index contributed by atoms with van der Waals surface area (Å²) in [5, 5.41) is 3.92. The second-order valence-corrected chi connectivity index (χ2v) is 6.96. The normalized spacial score (nSPS) is 16.2. The molecule has 0 saturated carbocycles. The Morgan fingerprint density at radius 3 is 2.46 bits per heavy atom. The van der Waals surface area contributed by atoms with E-state index in [9.17, 15) is 4.79 Å². The van der Waals surface area contributed by atoms with Crippen molar-refractivity contribution in [3.05, 3.63) is 82.1 Å². The smallest absolute Gasteiger partial charge is 0.227 e. The Labute approximate surface area is 157 Å². The number of hydrogen-bond acceptors (Lipinski definition) is 4. The van der Waals surface area contributed by atoms with E-state index in [1.807, 2.05) is 61.5 Å². The first-order valence-corrected chi connectivity index (χ1v) is 8.96. The molecule has 1 aliphatic rings. The Morgan fingerprint density at radius 2 is 1.73 bits per heavy atom. The van der Waals surface area contributed by atoms with E-state index >= 15 is 0 Å². The molecule has 4 nitrogen and oxygen atoms in total. The summed E-state index contributed by atoms with van der Waals surface area (Å²) in [6.45, 7) is 1.87. The van der Waals surface area contributed by atoms with Crippen molar-refractivity contribution < 1.29 is 4.79 Å². The fraction of sp³-hybridized carbons (Fsp3) is 0.190. The number of nitrogens with zero attached hydrogens (tertiary/aromatic N) is 2. The second kappa shape index (κ2) is 6.89. The molecule has 130 valence electrons. The van der Waals surface area contributed by atoms with E-state index in [1.54, 1.807) is 0 Å². The van der Waals surface area contributed by atoms with Gasteiger partial charge in [0.2, 0.25) is 5.95 Å². The quantitative estimate of drug-likeness (QED) is 0.703. The molecule has 0 aliphatic heterocycles. The molecule has 1 N–H and O–H groups in total. The molecule has 0 fully saturated rings. The number of ketones is 1. The molecule has 26 heavy (non-hydrogen) atoms. The van der Waals surface area contributed by atoms with Crippen molar-refractivity contribution >= 4 is 29.0 Å². The molecule has 2 aromatic carbocycles. The van der Waals surface area contributed by atoms with Gasteiger partial charge in [-0.3, -0.25) is 4.79 Å². The Morgan fingerprint density at radius 1 is 1.00 bits per heavy atom. The lowest BCUT2D eigenvalue weighted by molar-refractivity contribution is 0.0962. The van der Waals surface area contributed by atoms with Crippen LogP contribution in [0.15, 0.2) is 54.6 Å². The lowest BCUT2D eigenvalue weighted by Gasteiger charge is -2.24. The van der Waals surface area contributed by atoms with Gasteiger partial charge in [-0.15, -0.1) is 0 Å². The topological polar surface area (TPSA) is 54.9 Å². The van der Waals surface area contributed by atoms with E-state index in [0.29, 0.717) is 23.0 Å². The molecule has 1 aliphatic carbocycles. The maximum absolute atomic E-state index is 12.7. The van der Waals surface area contributed by atoms with Crippen LogP contribution in [0, 0.1) is 6.92 Å². The van der Waals surface area contributed by atoms with Gasteiger partial charge in [0, 0.05) is 17.1 Å². The van der Waals surface area contributed by atoms with Crippen molar-refractivity contribution in [3.8, 4) is 0 Å². The number of anilines is 2. The molecular formula is C21H18ClN3O. The van der Waals surface area contributed by atoms with Crippen LogP contribution in [-0.2, 0) is 6.42 Å². The number of benzene rings is 2. The second-order valence-electron chi connectivity index (χ2n) is 6.53. The summed E-state index contributed by atoms with van der Waals surface area (Å²) >= 11 is 5.98. The summed E-state index contributed by atoms with van der Waals surface area (Å²) in [6.07, 6.45) is 1.19. The van der Waals surface area contributed by atoms with Crippen LogP contribution in [-0.4, -0.2) is 15.8 Å². The fourth-order valence-corrected chi connectivity index (χ4v) is 3.58.